The average molecular weight is 388 g/mol. The zero-order valence-electron chi connectivity index (χ0n) is 13.9. The standard InChI is InChI=1S/C20H13ClF3N3/c21-18-15(4-3-11-25-18)19-26-16-5-1-2-6-17(16)27(19)12-13-7-9-14(10-8-13)20(22,23)24/h1-11H,12H2. The second-order valence-electron chi connectivity index (χ2n) is 6.05. The molecule has 0 aliphatic rings. The topological polar surface area (TPSA) is 30.7 Å². The largest absolute Gasteiger partial charge is 0.416 e. The van der Waals surface area contributed by atoms with Gasteiger partial charge in [-0.25, -0.2) is 9.97 Å². The highest BCUT2D eigenvalue weighted by atomic mass is 35.5. The van der Waals surface area contributed by atoms with Gasteiger partial charge in [0.1, 0.15) is 11.0 Å². The van der Waals surface area contributed by atoms with Gasteiger partial charge in [-0.1, -0.05) is 35.9 Å². The number of hydrogen-bond acceptors (Lipinski definition) is 2. The van der Waals surface area contributed by atoms with Crippen LogP contribution in [-0.4, -0.2) is 14.5 Å². The molecule has 0 aliphatic carbocycles. The maximum Gasteiger partial charge on any atom is 0.416 e. The molecule has 0 radical (unpaired) electrons. The molecule has 27 heavy (non-hydrogen) atoms. The SMILES string of the molecule is FC(F)(F)c1ccc(Cn2c(-c3cccnc3Cl)nc3ccccc32)cc1. The Morgan fingerprint density at radius 2 is 1.67 bits per heavy atom. The van der Waals surface area contributed by atoms with E-state index in [4.69, 9.17) is 11.6 Å². The number of benzene rings is 2. The summed E-state index contributed by atoms with van der Waals surface area (Å²) in [6, 6.07) is 16.3. The molecule has 136 valence electrons. The first kappa shape index (κ1) is 17.5. The molecule has 0 N–H and O–H groups in total. The smallest absolute Gasteiger partial charge is 0.319 e. The highest BCUT2D eigenvalue weighted by molar-refractivity contribution is 6.32. The molecule has 2 aromatic carbocycles. The Bertz CT molecular complexity index is 1100. The fourth-order valence-electron chi connectivity index (χ4n) is 2.98. The van der Waals surface area contributed by atoms with Gasteiger partial charge in [0.25, 0.3) is 0 Å². The van der Waals surface area contributed by atoms with Gasteiger partial charge in [-0.3, -0.25) is 0 Å². The molecule has 0 saturated carbocycles. The molecule has 0 bridgehead atoms. The summed E-state index contributed by atoms with van der Waals surface area (Å²) in [5, 5.41) is 0.321. The Morgan fingerprint density at radius 3 is 2.37 bits per heavy atom. The Balaban J connectivity index is 1.81. The lowest BCUT2D eigenvalue weighted by atomic mass is 10.1. The van der Waals surface area contributed by atoms with Crippen LogP contribution in [0.1, 0.15) is 11.1 Å². The quantitative estimate of drug-likeness (QED) is 0.415. The van der Waals surface area contributed by atoms with Crippen molar-refractivity contribution in [1.82, 2.24) is 14.5 Å². The van der Waals surface area contributed by atoms with Gasteiger partial charge in [-0.05, 0) is 42.0 Å². The van der Waals surface area contributed by atoms with Gasteiger partial charge in [0.2, 0.25) is 0 Å². The van der Waals surface area contributed by atoms with Crippen LogP contribution in [0.25, 0.3) is 22.4 Å². The molecule has 3 nitrogen and oxygen atoms in total. The molecular formula is C20H13ClF3N3. The zero-order chi connectivity index (χ0) is 19.0. The third kappa shape index (κ3) is 3.40. The van der Waals surface area contributed by atoms with Crippen LogP contribution in [0.5, 0.6) is 0 Å². The van der Waals surface area contributed by atoms with Crippen LogP contribution in [0, 0.1) is 0 Å². The van der Waals surface area contributed by atoms with Crippen molar-refractivity contribution in [2.24, 2.45) is 0 Å². The van der Waals surface area contributed by atoms with Gasteiger partial charge in [0.05, 0.1) is 22.2 Å². The van der Waals surface area contributed by atoms with E-state index in [0.29, 0.717) is 23.1 Å². The first-order chi connectivity index (χ1) is 12.9. The summed E-state index contributed by atoms with van der Waals surface area (Å²) >= 11 is 6.24. The number of pyridine rings is 1. The summed E-state index contributed by atoms with van der Waals surface area (Å²) in [5.41, 5.74) is 2.37. The second-order valence-corrected chi connectivity index (χ2v) is 6.40. The van der Waals surface area contributed by atoms with E-state index in [1.165, 1.54) is 12.1 Å². The van der Waals surface area contributed by atoms with Crippen molar-refractivity contribution in [3.63, 3.8) is 0 Å². The van der Waals surface area contributed by atoms with E-state index in [-0.39, 0.29) is 0 Å². The number of nitrogens with zero attached hydrogens (tertiary/aromatic N) is 3. The molecule has 0 saturated heterocycles. The van der Waals surface area contributed by atoms with Crippen LogP contribution in [0.15, 0.2) is 66.9 Å². The predicted octanol–water partition coefficient (Wildman–Crippen LogP) is 5.82. The lowest BCUT2D eigenvalue weighted by molar-refractivity contribution is -0.137. The highest BCUT2D eigenvalue weighted by Gasteiger charge is 2.30. The monoisotopic (exact) mass is 387 g/mol. The molecule has 2 aromatic heterocycles. The van der Waals surface area contributed by atoms with Gasteiger partial charge < -0.3 is 4.57 Å². The van der Waals surface area contributed by atoms with E-state index in [1.54, 1.807) is 12.3 Å². The maximum atomic E-state index is 12.8. The van der Waals surface area contributed by atoms with Crippen molar-refractivity contribution in [3.05, 3.63) is 83.1 Å². The van der Waals surface area contributed by atoms with Crippen molar-refractivity contribution in [2.45, 2.75) is 12.7 Å². The third-order valence-electron chi connectivity index (χ3n) is 4.28. The minimum Gasteiger partial charge on any atom is -0.319 e. The Kier molecular flexibility index (Phi) is 4.36. The van der Waals surface area contributed by atoms with Crippen molar-refractivity contribution in [2.75, 3.05) is 0 Å². The second kappa shape index (κ2) is 6.70. The number of para-hydroxylation sites is 2. The molecule has 0 amide bonds. The normalized spacial score (nSPS) is 11.9. The summed E-state index contributed by atoms with van der Waals surface area (Å²) in [5.74, 6) is 0.620. The summed E-state index contributed by atoms with van der Waals surface area (Å²) in [7, 11) is 0. The summed E-state index contributed by atoms with van der Waals surface area (Å²) in [6.45, 7) is 0.360. The van der Waals surface area contributed by atoms with E-state index < -0.39 is 11.7 Å². The number of fused-ring (bicyclic) bond motifs is 1. The fraction of sp³-hybridized carbons (Fsp3) is 0.100. The number of hydrogen-bond donors (Lipinski definition) is 0. The molecule has 0 fully saturated rings. The number of imidazole rings is 1. The van der Waals surface area contributed by atoms with Crippen molar-refractivity contribution >= 4 is 22.6 Å². The average Bonchev–Trinajstić information content (AvgIpc) is 3.00. The Labute approximate surface area is 158 Å². The van der Waals surface area contributed by atoms with Crippen molar-refractivity contribution < 1.29 is 13.2 Å². The predicted molar refractivity (Wildman–Crippen MR) is 98.5 cm³/mol. The third-order valence-corrected chi connectivity index (χ3v) is 4.58. The number of alkyl halides is 3. The van der Waals surface area contributed by atoms with Gasteiger partial charge in [0.15, 0.2) is 0 Å². The van der Waals surface area contributed by atoms with Gasteiger partial charge >= 0.3 is 6.18 Å². The fourth-order valence-corrected chi connectivity index (χ4v) is 3.18. The Hall–Kier alpha value is -2.86. The van der Waals surface area contributed by atoms with Gasteiger partial charge in [0, 0.05) is 12.7 Å². The minimum atomic E-state index is -4.35. The van der Waals surface area contributed by atoms with Crippen LogP contribution in [-0.2, 0) is 12.7 Å². The van der Waals surface area contributed by atoms with Crippen LogP contribution >= 0.6 is 11.6 Å². The van der Waals surface area contributed by atoms with Gasteiger partial charge in [-0.15, -0.1) is 0 Å². The number of aromatic nitrogens is 3. The molecule has 4 rings (SSSR count). The molecule has 0 atom stereocenters. The van der Waals surface area contributed by atoms with Crippen molar-refractivity contribution in [1.29, 1.82) is 0 Å². The molecule has 4 aromatic rings. The van der Waals surface area contributed by atoms with E-state index >= 15 is 0 Å². The van der Waals surface area contributed by atoms with E-state index in [9.17, 15) is 13.2 Å². The van der Waals surface area contributed by atoms with Crippen LogP contribution < -0.4 is 0 Å². The van der Waals surface area contributed by atoms with Crippen LogP contribution in [0.2, 0.25) is 5.15 Å². The summed E-state index contributed by atoms with van der Waals surface area (Å²) in [6.07, 6.45) is -2.76. The lowest BCUT2D eigenvalue weighted by Crippen LogP contribution is -2.06. The molecule has 0 aliphatic heterocycles. The number of halogens is 4. The summed E-state index contributed by atoms with van der Waals surface area (Å²) in [4.78, 5) is 8.75. The van der Waals surface area contributed by atoms with E-state index in [1.807, 2.05) is 34.9 Å². The molecule has 0 spiro atoms. The molecule has 7 heteroatoms. The molecule has 0 unspecified atom stereocenters. The first-order valence-corrected chi connectivity index (χ1v) is 8.53. The lowest BCUT2D eigenvalue weighted by Gasteiger charge is -2.12. The Morgan fingerprint density at radius 1 is 0.926 bits per heavy atom. The van der Waals surface area contributed by atoms with Gasteiger partial charge in [-0.2, -0.15) is 13.2 Å². The molecular weight excluding hydrogens is 375 g/mol. The van der Waals surface area contributed by atoms with Crippen LogP contribution in [0.3, 0.4) is 0 Å². The number of rotatable bonds is 3. The minimum absolute atomic E-state index is 0.321. The first-order valence-electron chi connectivity index (χ1n) is 8.16. The zero-order valence-corrected chi connectivity index (χ0v) is 14.7. The van der Waals surface area contributed by atoms with Crippen LogP contribution in [0.4, 0.5) is 13.2 Å². The highest BCUT2D eigenvalue weighted by Crippen LogP contribution is 2.31. The molecule has 2 heterocycles. The maximum absolute atomic E-state index is 12.8. The van der Waals surface area contributed by atoms with E-state index in [0.717, 1.165) is 28.7 Å². The van der Waals surface area contributed by atoms with E-state index in [2.05, 4.69) is 9.97 Å². The van der Waals surface area contributed by atoms with Crippen molar-refractivity contribution in [3.8, 4) is 11.4 Å². The summed E-state index contributed by atoms with van der Waals surface area (Å²) < 4.78 is 40.3.